The van der Waals surface area contributed by atoms with Crippen LogP contribution in [0.5, 0.6) is 5.75 Å². The number of esters is 1. The van der Waals surface area contributed by atoms with Crippen LogP contribution >= 0.6 is 0 Å². The second-order valence-corrected chi connectivity index (χ2v) is 7.22. The smallest absolute Gasteiger partial charge is 0.329 e. The molecule has 0 bridgehead atoms. The molecule has 30 heavy (non-hydrogen) atoms. The first kappa shape index (κ1) is 22.9. The van der Waals surface area contributed by atoms with Crippen LogP contribution in [0, 0.1) is 19.8 Å². The van der Waals surface area contributed by atoms with Crippen LogP contribution in [0.25, 0.3) is 0 Å². The molecule has 2 amide bonds. The first-order valence-corrected chi connectivity index (χ1v) is 9.56. The summed E-state index contributed by atoms with van der Waals surface area (Å²) in [6.07, 6.45) is 0. The number of carbonyl (C=O) groups is 3. The number of anilines is 1. The van der Waals surface area contributed by atoms with E-state index in [1.807, 2.05) is 6.92 Å². The summed E-state index contributed by atoms with van der Waals surface area (Å²) in [6.45, 7) is 6.68. The Balaban J connectivity index is 2.00. The number of amides is 2. The number of carbonyl (C=O) groups excluding carboxylic acids is 3. The Morgan fingerprint density at radius 3 is 2.40 bits per heavy atom. The first-order chi connectivity index (χ1) is 14.1. The van der Waals surface area contributed by atoms with Crippen molar-refractivity contribution in [3.63, 3.8) is 0 Å². The van der Waals surface area contributed by atoms with E-state index in [0.717, 1.165) is 5.69 Å². The molecule has 0 aliphatic heterocycles. The van der Waals surface area contributed by atoms with Crippen molar-refractivity contribution in [3.8, 4) is 5.75 Å². The van der Waals surface area contributed by atoms with Crippen LogP contribution in [0.3, 0.4) is 0 Å². The van der Waals surface area contributed by atoms with Crippen molar-refractivity contribution >= 4 is 23.5 Å². The zero-order chi connectivity index (χ0) is 22.4. The number of nitrogens with zero attached hydrogens (tertiary/aromatic N) is 2. The summed E-state index contributed by atoms with van der Waals surface area (Å²) >= 11 is 0. The van der Waals surface area contributed by atoms with Gasteiger partial charge < -0.3 is 20.1 Å². The van der Waals surface area contributed by atoms with Gasteiger partial charge in [-0.1, -0.05) is 26.0 Å². The molecule has 0 spiro atoms. The summed E-state index contributed by atoms with van der Waals surface area (Å²) in [5.41, 5.74) is 2.34. The lowest BCUT2D eigenvalue weighted by atomic mass is 10.0. The molecule has 2 aromatic rings. The van der Waals surface area contributed by atoms with Crippen LogP contribution in [0.4, 0.5) is 5.69 Å². The molecule has 0 fully saturated rings. The lowest BCUT2D eigenvalue weighted by Gasteiger charge is -2.21. The molecule has 1 aromatic carbocycles. The maximum absolute atomic E-state index is 12.6. The van der Waals surface area contributed by atoms with Crippen LogP contribution in [0.15, 0.2) is 24.3 Å². The fourth-order valence-electron chi connectivity index (χ4n) is 2.91. The van der Waals surface area contributed by atoms with Gasteiger partial charge in [0.1, 0.15) is 11.8 Å². The Labute approximate surface area is 175 Å². The van der Waals surface area contributed by atoms with E-state index in [1.54, 1.807) is 56.8 Å². The van der Waals surface area contributed by atoms with Gasteiger partial charge in [-0.25, -0.2) is 4.79 Å². The zero-order valence-electron chi connectivity index (χ0n) is 18.1. The lowest BCUT2D eigenvalue weighted by Crippen LogP contribution is -2.46. The molecule has 9 nitrogen and oxygen atoms in total. The van der Waals surface area contributed by atoms with Gasteiger partial charge in [-0.05, 0) is 31.9 Å². The molecule has 2 rings (SSSR count). The van der Waals surface area contributed by atoms with Crippen molar-refractivity contribution in [2.24, 2.45) is 13.0 Å². The molecule has 0 radical (unpaired) electrons. The Morgan fingerprint density at radius 2 is 1.83 bits per heavy atom. The van der Waals surface area contributed by atoms with Crippen molar-refractivity contribution in [1.29, 1.82) is 0 Å². The number of aromatic nitrogens is 2. The van der Waals surface area contributed by atoms with E-state index in [-0.39, 0.29) is 5.92 Å². The zero-order valence-corrected chi connectivity index (χ0v) is 18.1. The fraction of sp³-hybridized carbons (Fsp3) is 0.429. The summed E-state index contributed by atoms with van der Waals surface area (Å²) in [5, 5.41) is 9.59. The monoisotopic (exact) mass is 416 g/mol. The van der Waals surface area contributed by atoms with E-state index < -0.39 is 30.4 Å². The number of para-hydroxylation sites is 1. The third-order valence-electron chi connectivity index (χ3n) is 4.68. The predicted molar refractivity (Wildman–Crippen MR) is 111 cm³/mol. The number of methoxy groups -OCH3 is 1. The molecule has 1 heterocycles. The molecule has 0 unspecified atom stereocenters. The van der Waals surface area contributed by atoms with E-state index in [1.165, 1.54) is 7.11 Å². The van der Waals surface area contributed by atoms with Gasteiger partial charge in [0.05, 0.1) is 29.7 Å². The summed E-state index contributed by atoms with van der Waals surface area (Å²) in [5.74, 6) is -1.49. The highest BCUT2D eigenvalue weighted by atomic mass is 16.5. The lowest BCUT2D eigenvalue weighted by molar-refractivity contribution is -0.150. The standard InChI is InChI=1S/C21H28N4O5/c1-12(2)18(23-20(27)15-9-7-8-10-16(15)29-6)21(28)30-11-17(26)22-19-13(3)24-25(5)14(19)4/h7-10,12,18H,11H2,1-6H3,(H,22,26)(H,23,27)/t18-/m0/s1. The Morgan fingerprint density at radius 1 is 1.17 bits per heavy atom. The molecule has 162 valence electrons. The quantitative estimate of drug-likeness (QED) is 0.637. The number of nitrogens with one attached hydrogen (secondary N) is 2. The number of aryl methyl sites for hydroxylation is 2. The molecule has 0 saturated heterocycles. The predicted octanol–water partition coefficient (Wildman–Crippen LogP) is 1.98. The van der Waals surface area contributed by atoms with Gasteiger partial charge in [0.15, 0.2) is 6.61 Å². The molecular formula is C21H28N4O5. The van der Waals surface area contributed by atoms with Crippen LogP contribution in [0.1, 0.15) is 35.6 Å². The van der Waals surface area contributed by atoms with E-state index in [9.17, 15) is 14.4 Å². The molecule has 1 aromatic heterocycles. The van der Waals surface area contributed by atoms with Gasteiger partial charge >= 0.3 is 5.97 Å². The Hall–Kier alpha value is -3.36. The van der Waals surface area contributed by atoms with E-state index >= 15 is 0 Å². The van der Waals surface area contributed by atoms with Gasteiger partial charge in [0.2, 0.25) is 0 Å². The van der Waals surface area contributed by atoms with Crippen LogP contribution < -0.4 is 15.4 Å². The average Bonchev–Trinajstić information content (AvgIpc) is 2.95. The third-order valence-corrected chi connectivity index (χ3v) is 4.68. The fourth-order valence-corrected chi connectivity index (χ4v) is 2.91. The van der Waals surface area contributed by atoms with Gasteiger partial charge in [0, 0.05) is 7.05 Å². The highest BCUT2D eigenvalue weighted by molar-refractivity contribution is 5.99. The second-order valence-electron chi connectivity index (χ2n) is 7.22. The largest absolute Gasteiger partial charge is 0.496 e. The maximum Gasteiger partial charge on any atom is 0.329 e. The van der Waals surface area contributed by atoms with Crippen LogP contribution in [-0.4, -0.2) is 47.3 Å². The first-order valence-electron chi connectivity index (χ1n) is 9.56. The van der Waals surface area contributed by atoms with Gasteiger partial charge in [0.25, 0.3) is 11.8 Å². The van der Waals surface area contributed by atoms with Crippen molar-refractivity contribution < 1.29 is 23.9 Å². The van der Waals surface area contributed by atoms with Crippen molar-refractivity contribution in [1.82, 2.24) is 15.1 Å². The van der Waals surface area contributed by atoms with E-state index in [2.05, 4.69) is 15.7 Å². The summed E-state index contributed by atoms with van der Waals surface area (Å²) in [4.78, 5) is 37.4. The third kappa shape index (κ3) is 5.37. The molecular weight excluding hydrogens is 388 g/mol. The van der Waals surface area contributed by atoms with Crippen molar-refractivity contribution in [2.45, 2.75) is 33.7 Å². The number of benzene rings is 1. The van der Waals surface area contributed by atoms with Crippen molar-refractivity contribution in [3.05, 3.63) is 41.2 Å². The molecule has 9 heteroatoms. The van der Waals surface area contributed by atoms with Gasteiger partial charge in [-0.15, -0.1) is 0 Å². The summed E-state index contributed by atoms with van der Waals surface area (Å²) in [7, 11) is 3.24. The summed E-state index contributed by atoms with van der Waals surface area (Å²) < 4.78 is 12.0. The number of hydrogen-bond acceptors (Lipinski definition) is 6. The number of hydrogen-bond donors (Lipinski definition) is 2. The number of rotatable bonds is 8. The Kier molecular flexibility index (Phi) is 7.57. The normalized spacial score (nSPS) is 11.7. The highest BCUT2D eigenvalue weighted by Crippen LogP contribution is 2.19. The maximum atomic E-state index is 12.6. The minimum Gasteiger partial charge on any atom is -0.496 e. The molecule has 0 aliphatic rings. The number of ether oxygens (including phenoxy) is 2. The summed E-state index contributed by atoms with van der Waals surface area (Å²) in [6, 6.07) is 5.78. The molecule has 0 aliphatic carbocycles. The SMILES string of the molecule is COc1ccccc1C(=O)N[C@H](C(=O)OCC(=O)Nc1c(C)nn(C)c1C)C(C)C. The van der Waals surface area contributed by atoms with Gasteiger partial charge in [-0.3, -0.25) is 14.3 Å². The second kappa shape index (κ2) is 9.91. The molecule has 1 atom stereocenters. The average molecular weight is 416 g/mol. The van der Waals surface area contributed by atoms with Crippen LogP contribution in [-0.2, 0) is 21.4 Å². The Bertz CT molecular complexity index is 935. The van der Waals surface area contributed by atoms with Crippen molar-refractivity contribution in [2.75, 3.05) is 19.0 Å². The molecule has 0 saturated carbocycles. The van der Waals surface area contributed by atoms with Crippen LogP contribution in [0.2, 0.25) is 0 Å². The molecule has 2 N–H and O–H groups in total. The minimum absolute atomic E-state index is 0.248. The van der Waals surface area contributed by atoms with Gasteiger partial charge in [-0.2, -0.15) is 5.10 Å². The highest BCUT2D eigenvalue weighted by Gasteiger charge is 2.28. The minimum atomic E-state index is -0.919. The van der Waals surface area contributed by atoms with E-state index in [0.29, 0.717) is 22.7 Å². The topological polar surface area (TPSA) is 112 Å². The van der Waals surface area contributed by atoms with E-state index in [4.69, 9.17) is 9.47 Å².